The van der Waals surface area contributed by atoms with Gasteiger partial charge in [0.1, 0.15) is 0 Å². The largest absolute Gasteiger partial charge is 1.00 e. The van der Waals surface area contributed by atoms with Gasteiger partial charge in [0, 0.05) is 11.8 Å². The Balaban J connectivity index is 0.00000784. The van der Waals surface area contributed by atoms with Gasteiger partial charge in [0.15, 0.2) is 0 Å². The van der Waals surface area contributed by atoms with Gasteiger partial charge >= 0.3 is 0 Å². The number of unbranched alkanes of at least 4 members (excludes halogenated alkanes) is 13. The summed E-state index contributed by atoms with van der Waals surface area (Å²) in [4.78, 5) is 0. The average Bonchev–Trinajstić information content (AvgIpc) is 2.69. The summed E-state index contributed by atoms with van der Waals surface area (Å²) in [5.74, 6) is 0. The van der Waals surface area contributed by atoms with Crippen molar-refractivity contribution in [3.63, 3.8) is 0 Å². The molecule has 0 spiro atoms. The molecule has 0 aliphatic heterocycles. The van der Waals surface area contributed by atoms with Crippen LogP contribution in [-0.2, 0) is 6.42 Å². The molecule has 0 fully saturated rings. The third-order valence-electron chi connectivity index (χ3n) is 6.60. The monoisotopic (exact) mass is 423 g/mol. The van der Waals surface area contributed by atoms with Gasteiger partial charge in [-0.3, -0.25) is 0 Å². The molecule has 1 atom stereocenters. The number of benzene rings is 1. The minimum Gasteiger partial charge on any atom is -1.00 e. The number of quaternary nitrogens is 1. The van der Waals surface area contributed by atoms with E-state index in [0.717, 1.165) is 6.42 Å². The molecular formula is C27H50ClN. The highest BCUT2D eigenvalue weighted by atomic mass is 35.5. The van der Waals surface area contributed by atoms with Gasteiger partial charge in [-0.2, -0.15) is 0 Å². The van der Waals surface area contributed by atoms with Crippen LogP contribution < -0.4 is 18.1 Å². The topological polar surface area (TPSA) is 27.6 Å². The predicted molar refractivity (Wildman–Crippen MR) is 126 cm³/mol. The smallest absolute Gasteiger partial charge is 0.0935 e. The van der Waals surface area contributed by atoms with Crippen molar-refractivity contribution in [2.45, 2.75) is 130 Å². The van der Waals surface area contributed by atoms with E-state index in [1.807, 2.05) is 0 Å². The van der Waals surface area contributed by atoms with Crippen LogP contribution in [0.4, 0.5) is 0 Å². The summed E-state index contributed by atoms with van der Waals surface area (Å²) in [6.07, 6.45) is 22.5. The van der Waals surface area contributed by atoms with Crippen LogP contribution >= 0.6 is 0 Å². The fourth-order valence-corrected chi connectivity index (χ4v) is 4.15. The molecule has 0 amide bonds. The zero-order valence-electron chi connectivity index (χ0n) is 19.9. The van der Waals surface area contributed by atoms with Gasteiger partial charge in [0.2, 0.25) is 0 Å². The highest BCUT2D eigenvalue weighted by Gasteiger charge is 2.29. The molecule has 0 heterocycles. The maximum absolute atomic E-state index is 4.49. The van der Waals surface area contributed by atoms with Crippen molar-refractivity contribution in [3.8, 4) is 0 Å². The summed E-state index contributed by atoms with van der Waals surface area (Å²) in [5, 5.41) is 0. The van der Waals surface area contributed by atoms with Crippen LogP contribution in [-0.4, -0.2) is 6.04 Å². The molecule has 29 heavy (non-hydrogen) atoms. The quantitative estimate of drug-likeness (QED) is 0.330. The number of rotatable bonds is 18. The zero-order chi connectivity index (χ0) is 20.5. The highest BCUT2D eigenvalue weighted by Crippen LogP contribution is 2.28. The fraction of sp³-hybridized carbons (Fsp3) is 0.778. The Bertz CT molecular complexity index is 457. The number of hydrogen-bond donors (Lipinski definition) is 1. The first-order valence-corrected chi connectivity index (χ1v) is 12.4. The molecule has 1 unspecified atom stereocenters. The number of hydrogen-bond acceptors (Lipinski definition) is 0. The lowest BCUT2D eigenvalue weighted by Gasteiger charge is -2.29. The van der Waals surface area contributed by atoms with Crippen LogP contribution in [0.1, 0.15) is 123 Å². The molecule has 1 rings (SSSR count). The van der Waals surface area contributed by atoms with E-state index in [4.69, 9.17) is 0 Å². The Kier molecular flexibility index (Phi) is 17.9. The second-order valence-electron chi connectivity index (χ2n) is 9.72. The van der Waals surface area contributed by atoms with Gasteiger partial charge in [0.05, 0.1) is 6.04 Å². The van der Waals surface area contributed by atoms with Crippen LogP contribution in [0, 0.1) is 5.41 Å². The SMILES string of the molecule is CCCCCCCCCCCCCCCCC(C)(C)C([NH3+])Cc1ccccc1.[Cl-]. The molecule has 0 saturated carbocycles. The molecule has 0 saturated heterocycles. The van der Waals surface area contributed by atoms with E-state index >= 15 is 0 Å². The van der Waals surface area contributed by atoms with E-state index in [1.165, 1.54) is 102 Å². The van der Waals surface area contributed by atoms with Crippen molar-refractivity contribution in [2.75, 3.05) is 0 Å². The lowest BCUT2D eigenvalue weighted by Crippen LogP contribution is -3.00. The summed E-state index contributed by atoms with van der Waals surface area (Å²) in [6.45, 7) is 7.12. The Morgan fingerprint density at radius 1 is 0.690 bits per heavy atom. The second kappa shape index (κ2) is 18.3. The maximum atomic E-state index is 4.49. The third-order valence-corrected chi connectivity index (χ3v) is 6.60. The van der Waals surface area contributed by atoms with Gasteiger partial charge in [0.25, 0.3) is 0 Å². The Morgan fingerprint density at radius 3 is 1.55 bits per heavy atom. The standard InChI is InChI=1S/C27H49N.ClH/c1-4-5-6-7-8-9-10-11-12-13-14-15-16-20-23-27(2,3)26(28)24-25-21-18-17-19-22-25;/h17-19,21-22,26H,4-16,20,23-24,28H2,1-3H3;1H. The Morgan fingerprint density at radius 2 is 1.10 bits per heavy atom. The van der Waals surface area contributed by atoms with E-state index in [1.54, 1.807) is 0 Å². The normalized spacial score (nSPS) is 12.6. The summed E-state index contributed by atoms with van der Waals surface area (Å²) in [7, 11) is 0. The van der Waals surface area contributed by atoms with E-state index < -0.39 is 0 Å². The minimum absolute atomic E-state index is 0. The molecule has 1 aromatic carbocycles. The Hall–Kier alpha value is -0.530. The van der Waals surface area contributed by atoms with E-state index in [-0.39, 0.29) is 12.4 Å². The lowest BCUT2D eigenvalue weighted by atomic mass is 9.77. The molecule has 170 valence electrons. The van der Waals surface area contributed by atoms with Gasteiger partial charge < -0.3 is 18.1 Å². The first-order valence-electron chi connectivity index (χ1n) is 12.4. The molecule has 0 aliphatic rings. The van der Waals surface area contributed by atoms with Gasteiger partial charge in [-0.15, -0.1) is 0 Å². The molecule has 1 nitrogen and oxygen atoms in total. The third kappa shape index (κ3) is 15.0. The zero-order valence-corrected chi connectivity index (χ0v) is 20.6. The Labute approximate surface area is 189 Å². The summed E-state index contributed by atoms with van der Waals surface area (Å²) in [6, 6.07) is 11.4. The van der Waals surface area contributed by atoms with Gasteiger partial charge in [-0.05, 0) is 12.0 Å². The molecule has 0 radical (unpaired) electrons. The second-order valence-corrected chi connectivity index (χ2v) is 9.72. The van der Waals surface area contributed by atoms with Crippen molar-refractivity contribution in [3.05, 3.63) is 35.9 Å². The van der Waals surface area contributed by atoms with Crippen molar-refractivity contribution in [1.29, 1.82) is 0 Å². The first kappa shape index (κ1) is 28.5. The van der Waals surface area contributed by atoms with Crippen molar-refractivity contribution in [2.24, 2.45) is 5.41 Å². The summed E-state index contributed by atoms with van der Waals surface area (Å²) < 4.78 is 0. The lowest BCUT2D eigenvalue weighted by molar-refractivity contribution is -0.445. The molecule has 2 heteroatoms. The number of halogens is 1. The van der Waals surface area contributed by atoms with Crippen molar-refractivity contribution >= 4 is 0 Å². The molecule has 3 N–H and O–H groups in total. The molecule has 0 bridgehead atoms. The van der Waals surface area contributed by atoms with Gasteiger partial charge in [-0.25, -0.2) is 0 Å². The molecule has 0 aromatic heterocycles. The highest BCUT2D eigenvalue weighted by molar-refractivity contribution is 5.15. The van der Waals surface area contributed by atoms with Gasteiger partial charge in [-0.1, -0.05) is 141 Å². The van der Waals surface area contributed by atoms with E-state index in [9.17, 15) is 0 Å². The summed E-state index contributed by atoms with van der Waals surface area (Å²) >= 11 is 0. The van der Waals surface area contributed by atoms with E-state index in [2.05, 4.69) is 56.8 Å². The van der Waals surface area contributed by atoms with Crippen LogP contribution in [0.2, 0.25) is 0 Å². The van der Waals surface area contributed by atoms with Crippen LogP contribution in [0.25, 0.3) is 0 Å². The molecular weight excluding hydrogens is 374 g/mol. The van der Waals surface area contributed by atoms with E-state index in [0.29, 0.717) is 11.5 Å². The first-order chi connectivity index (χ1) is 13.6. The van der Waals surface area contributed by atoms with Crippen LogP contribution in [0.3, 0.4) is 0 Å². The van der Waals surface area contributed by atoms with Crippen LogP contribution in [0.15, 0.2) is 30.3 Å². The summed E-state index contributed by atoms with van der Waals surface area (Å²) in [5.41, 5.74) is 6.26. The molecule has 1 aromatic rings. The van der Waals surface area contributed by atoms with Crippen LogP contribution in [0.5, 0.6) is 0 Å². The van der Waals surface area contributed by atoms with Crippen molar-refractivity contribution < 1.29 is 18.1 Å². The minimum atomic E-state index is 0. The maximum Gasteiger partial charge on any atom is 0.0935 e. The van der Waals surface area contributed by atoms with Crippen molar-refractivity contribution in [1.82, 2.24) is 0 Å². The average molecular weight is 424 g/mol. The predicted octanol–water partition coefficient (Wildman–Crippen LogP) is 4.74. The molecule has 0 aliphatic carbocycles. The fourth-order valence-electron chi connectivity index (χ4n) is 4.15.